The van der Waals surface area contributed by atoms with Crippen molar-refractivity contribution in [1.29, 1.82) is 0 Å². The van der Waals surface area contributed by atoms with Crippen LogP contribution >= 0.6 is 0 Å². The Hall–Kier alpha value is -3.68. The van der Waals surface area contributed by atoms with Gasteiger partial charge in [-0.2, -0.15) is 5.10 Å². The van der Waals surface area contributed by atoms with Gasteiger partial charge in [-0.25, -0.2) is 4.68 Å². The molecule has 2 heterocycles. The third-order valence-electron chi connectivity index (χ3n) is 3.99. The van der Waals surface area contributed by atoms with Gasteiger partial charge in [0.05, 0.1) is 16.8 Å². The molecule has 0 unspecified atom stereocenters. The zero-order valence-corrected chi connectivity index (χ0v) is 12.9. The number of non-ortho nitro benzene ring substituents is 1. The minimum Gasteiger partial charge on any atom is -0.345 e. The predicted molar refractivity (Wildman–Crippen MR) is 90.5 cm³/mol. The average molecular weight is 335 g/mol. The number of hydrogen-bond donors (Lipinski definition) is 2. The van der Waals surface area contributed by atoms with E-state index in [4.69, 9.17) is 0 Å². The number of amides is 1. The minimum atomic E-state index is -0.584. The van der Waals surface area contributed by atoms with Gasteiger partial charge >= 0.3 is 0 Å². The number of carbonyl (C=O) groups is 1. The van der Waals surface area contributed by atoms with Crippen molar-refractivity contribution in [3.8, 4) is 5.69 Å². The SMILES string of the molecule is O=C1N[C@H](c2cccc([N+](=O)[O-])c2)Nc2c1cnn2-c1ccccc1. The summed E-state index contributed by atoms with van der Waals surface area (Å²) < 4.78 is 1.64. The molecule has 1 amide bonds. The first-order valence-electron chi connectivity index (χ1n) is 7.59. The van der Waals surface area contributed by atoms with Gasteiger partial charge in [0.15, 0.2) is 0 Å². The number of carbonyl (C=O) groups excluding carboxylic acids is 1. The van der Waals surface area contributed by atoms with Crippen LogP contribution in [0.25, 0.3) is 5.69 Å². The topological polar surface area (TPSA) is 102 Å². The maximum Gasteiger partial charge on any atom is 0.269 e. The fourth-order valence-electron chi connectivity index (χ4n) is 2.78. The quantitative estimate of drug-likeness (QED) is 0.566. The minimum absolute atomic E-state index is 0.0316. The maximum atomic E-state index is 12.4. The van der Waals surface area contributed by atoms with Crippen LogP contribution in [0.4, 0.5) is 11.5 Å². The predicted octanol–water partition coefficient (Wildman–Crippen LogP) is 2.63. The molecule has 8 nitrogen and oxygen atoms in total. The highest BCUT2D eigenvalue weighted by Crippen LogP contribution is 2.29. The summed E-state index contributed by atoms with van der Waals surface area (Å²) in [6, 6.07) is 15.6. The summed E-state index contributed by atoms with van der Waals surface area (Å²) >= 11 is 0. The summed E-state index contributed by atoms with van der Waals surface area (Å²) in [4.78, 5) is 22.9. The van der Waals surface area contributed by atoms with E-state index >= 15 is 0 Å². The molecule has 8 heteroatoms. The van der Waals surface area contributed by atoms with Crippen molar-refractivity contribution in [1.82, 2.24) is 15.1 Å². The maximum absolute atomic E-state index is 12.4. The summed E-state index contributed by atoms with van der Waals surface area (Å²) in [5.41, 5.74) is 1.79. The molecule has 0 fully saturated rings. The molecule has 1 atom stereocenters. The lowest BCUT2D eigenvalue weighted by molar-refractivity contribution is -0.384. The molecule has 0 saturated carbocycles. The third-order valence-corrected chi connectivity index (χ3v) is 3.99. The molecule has 124 valence electrons. The first kappa shape index (κ1) is 14.9. The molecule has 0 radical (unpaired) electrons. The van der Waals surface area contributed by atoms with E-state index in [9.17, 15) is 14.9 Å². The molecule has 0 aliphatic carbocycles. The highest BCUT2D eigenvalue weighted by atomic mass is 16.6. The molecule has 3 aromatic rings. The number of nitro benzene ring substituents is 1. The molecule has 1 aliphatic heterocycles. The van der Waals surface area contributed by atoms with E-state index in [1.807, 2.05) is 30.3 Å². The van der Waals surface area contributed by atoms with Crippen LogP contribution in [-0.4, -0.2) is 20.6 Å². The Balaban J connectivity index is 1.73. The molecule has 1 aliphatic rings. The molecule has 4 rings (SSSR count). The summed E-state index contributed by atoms with van der Waals surface area (Å²) in [5, 5.41) is 21.3. The van der Waals surface area contributed by atoms with Crippen molar-refractivity contribution in [3.05, 3.63) is 82.0 Å². The molecule has 25 heavy (non-hydrogen) atoms. The van der Waals surface area contributed by atoms with Gasteiger partial charge in [0, 0.05) is 17.7 Å². The number of nitro groups is 1. The van der Waals surface area contributed by atoms with Crippen LogP contribution in [0.3, 0.4) is 0 Å². The van der Waals surface area contributed by atoms with Gasteiger partial charge in [-0.15, -0.1) is 0 Å². The zero-order chi connectivity index (χ0) is 17.4. The van der Waals surface area contributed by atoms with Gasteiger partial charge in [0.1, 0.15) is 17.5 Å². The Morgan fingerprint density at radius 2 is 1.88 bits per heavy atom. The number of benzene rings is 2. The lowest BCUT2D eigenvalue weighted by Gasteiger charge is -2.26. The monoisotopic (exact) mass is 335 g/mol. The van der Waals surface area contributed by atoms with Crippen molar-refractivity contribution >= 4 is 17.4 Å². The van der Waals surface area contributed by atoms with E-state index in [2.05, 4.69) is 15.7 Å². The number of fused-ring (bicyclic) bond motifs is 1. The van der Waals surface area contributed by atoms with Crippen molar-refractivity contribution in [3.63, 3.8) is 0 Å². The van der Waals surface area contributed by atoms with E-state index in [-0.39, 0.29) is 11.6 Å². The Kier molecular flexibility index (Phi) is 3.42. The first-order valence-corrected chi connectivity index (χ1v) is 7.59. The standard InChI is InChI=1S/C17H13N5O3/c23-17-14-10-18-21(12-6-2-1-3-7-12)16(14)19-15(20-17)11-5-4-8-13(9-11)22(24)25/h1-10,15,19H,(H,20,23)/t15-/m1/s1. The lowest BCUT2D eigenvalue weighted by atomic mass is 10.1. The second-order valence-electron chi connectivity index (χ2n) is 5.56. The molecule has 1 aromatic heterocycles. The van der Waals surface area contributed by atoms with Crippen LogP contribution < -0.4 is 10.6 Å². The summed E-state index contributed by atoms with van der Waals surface area (Å²) in [7, 11) is 0. The van der Waals surface area contributed by atoms with Gasteiger partial charge in [-0.05, 0) is 12.1 Å². The van der Waals surface area contributed by atoms with Crippen LogP contribution in [0.1, 0.15) is 22.1 Å². The van der Waals surface area contributed by atoms with Crippen molar-refractivity contribution in [2.75, 3.05) is 5.32 Å². The average Bonchev–Trinajstić information content (AvgIpc) is 3.07. The van der Waals surface area contributed by atoms with Crippen molar-refractivity contribution in [2.24, 2.45) is 0 Å². The normalized spacial score (nSPS) is 15.8. The number of para-hydroxylation sites is 1. The van der Waals surface area contributed by atoms with Crippen LogP contribution in [0, 0.1) is 10.1 Å². The number of rotatable bonds is 3. The number of nitrogens with zero attached hydrogens (tertiary/aromatic N) is 3. The molecular formula is C17H13N5O3. The number of hydrogen-bond acceptors (Lipinski definition) is 5. The Morgan fingerprint density at radius 3 is 2.64 bits per heavy atom. The molecule has 0 spiro atoms. The zero-order valence-electron chi connectivity index (χ0n) is 12.9. The molecule has 2 N–H and O–H groups in total. The second kappa shape index (κ2) is 5.75. The summed E-state index contributed by atoms with van der Waals surface area (Å²) in [6.45, 7) is 0. The fraction of sp³-hybridized carbons (Fsp3) is 0.0588. The van der Waals surface area contributed by atoms with Crippen LogP contribution in [-0.2, 0) is 0 Å². The van der Waals surface area contributed by atoms with Gasteiger partial charge < -0.3 is 10.6 Å². The Labute approximate surface area is 142 Å². The van der Waals surface area contributed by atoms with Crippen LogP contribution in [0.2, 0.25) is 0 Å². The number of nitrogens with one attached hydrogen (secondary N) is 2. The van der Waals surface area contributed by atoms with Crippen molar-refractivity contribution in [2.45, 2.75) is 6.17 Å². The largest absolute Gasteiger partial charge is 0.345 e. The Morgan fingerprint density at radius 1 is 1.08 bits per heavy atom. The highest BCUT2D eigenvalue weighted by Gasteiger charge is 2.29. The highest BCUT2D eigenvalue weighted by molar-refractivity contribution is 6.01. The van der Waals surface area contributed by atoms with Gasteiger partial charge in [-0.1, -0.05) is 30.3 Å². The van der Waals surface area contributed by atoms with E-state index in [1.165, 1.54) is 18.3 Å². The van der Waals surface area contributed by atoms with E-state index in [0.717, 1.165) is 5.69 Å². The van der Waals surface area contributed by atoms with E-state index < -0.39 is 11.1 Å². The van der Waals surface area contributed by atoms with Crippen LogP contribution in [0.5, 0.6) is 0 Å². The van der Waals surface area contributed by atoms with Gasteiger partial charge in [-0.3, -0.25) is 14.9 Å². The molecule has 0 bridgehead atoms. The lowest BCUT2D eigenvalue weighted by Crippen LogP contribution is -2.38. The molecule has 0 saturated heterocycles. The van der Waals surface area contributed by atoms with Crippen LogP contribution in [0.15, 0.2) is 60.8 Å². The third kappa shape index (κ3) is 2.59. The Bertz CT molecular complexity index is 967. The van der Waals surface area contributed by atoms with Gasteiger partial charge in [0.25, 0.3) is 11.6 Å². The number of anilines is 1. The summed E-state index contributed by atoms with van der Waals surface area (Å²) in [6.07, 6.45) is 0.910. The van der Waals surface area contributed by atoms with Crippen molar-refractivity contribution < 1.29 is 9.72 Å². The first-order chi connectivity index (χ1) is 12.1. The number of aromatic nitrogens is 2. The van der Waals surface area contributed by atoms with E-state index in [0.29, 0.717) is 16.9 Å². The molecular weight excluding hydrogens is 322 g/mol. The fourth-order valence-corrected chi connectivity index (χ4v) is 2.78. The second-order valence-corrected chi connectivity index (χ2v) is 5.56. The smallest absolute Gasteiger partial charge is 0.269 e. The van der Waals surface area contributed by atoms with Gasteiger partial charge in [0.2, 0.25) is 0 Å². The van der Waals surface area contributed by atoms with E-state index in [1.54, 1.807) is 16.8 Å². The molecule has 2 aromatic carbocycles. The summed E-state index contributed by atoms with van der Waals surface area (Å²) in [5.74, 6) is 0.263.